The SMILES string of the molecule is C=COCCOC1CCC2C(N)CCCC2C1. The second-order valence-corrected chi connectivity index (χ2v) is 5.36. The van der Waals surface area contributed by atoms with Crippen molar-refractivity contribution >= 4 is 0 Å². The van der Waals surface area contributed by atoms with E-state index in [9.17, 15) is 0 Å². The molecule has 3 heteroatoms. The van der Waals surface area contributed by atoms with Crippen LogP contribution >= 0.6 is 0 Å². The average Bonchev–Trinajstić information content (AvgIpc) is 2.35. The van der Waals surface area contributed by atoms with Crippen LogP contribution in [0.25, 0.3) is 0 Å². The highest BCUT2D eigenvalue weighted by molar-refractivity contribution is 4.90. The van der Waals surface area contributed by atoms with Gasteiger partial charge in [0.25, 0.3) is 0 Å². The van der Waals surface area contributed by atoms with E-state index in [2.05, 4.69) is 6.58 Å². The van der Waals surface area contributed by atoms with Crippen LogP contribution in [0.2, 0.25) is 0 Å². The number of ether oxygens (including phenoxy) is 2. The lowest BCUT2D eigenvalue weighted by atomic mass is 9.68. The van der Waals surface area contributed by atoms with Gasteiger partial charge in [-0.2, -0.15) is 0 Å². The van der Waals surface area contributed by atoms with Gasteiger partial charge in [0, 0.05) is 6.04 Å². The molecule has 0 bridgehead atoms. The van der Waals surface area contributed by atoms with Crippen molar-refractivity contribution in [1.82, 2.24) is 0 Å². The quantitative estimate of drug-likeness (QED) is 0.592. The minimum atomic E-state index is 0.426. The monoisotopic (exact) mass is 239 g/mol. The molecule has 3 nitrogen and oxygen atoms in total. The normalized spacial score (nSPS) is 37.2. The Bertz CT molecular complexity index is 244. The van der Waals surface area contributed by atoms with E-state index in [1.165, 1.54) is 44.8 Å². The highest BCUT2D eigenvalue weighted by Gasteiger charge is 2.36. The van der Waals surface area contributed by atoms with Gasteiger partial charge in [0.1, 0.15) is 6.61 Å². The molecule has 2 fully saturated rings. The predicted molar refractivity (Wildman–Crippen MR) is 68.5 cm³/mol. The Kier molecular flexibility index (Phi) is 4.86. The van der Waals surface area contributed by atoms with E-state index < -0.39 is 0 Å². The molecule has 2 saturated carbocycles. The van der Waals surface area contributed by atoms with Crippen LogP contribution in [0.15, 0.2) is 12.8 Å². The van der Waals surface area contributed by atoms with E-state index >= 15 is 0 Å². The van der Waals surface area contributed by atoms with E-state index in [1.807, 2.05) is 0 Å². The van der Waals surface area contributed by atoms with Crippen LogP contribution < -0.4 is 5.73 Å². The Hall–Kier alpha value is -0.540. The van der Waals surface area contributed by atoms with E-state index in [0.29, 0.717) is 25.4 Å². The van der Waals surface area contributed by atoms with E-state index in [-0.39, 0.29) is 0 Å². The Morgan fingerprint density at radius 1 is 1.18 bits per heavy atom. The summed E-state index contributed by atoms with van der Waals surface area (Å²) in [5.41, 5.74) is 6.20. The Morgan fingerprint density at radius 2 is 2.06 bits per heavy atom. The van der Waals surface area contributed by atoms with Crippen molar-refractivity contribution in [3.63, 3.8) is 0 Å². The first-order chi connectivity index (χ1) is 8.31. The zero-order valence-electron chi connectivity index (χ0n) is 10.6. The lowest BCUT2D eigenvalue weighted by Gasteiger charge is -2.42. The molecule has 4 unspecified atom stereocenters. The van der Waals surface area contributed by atoms with Crippen molar-refractivity contribution in [2.75, 3.05) is 13.2 Å². The Labute approximate surface area is 104 Å². The van der Waals surface area contributed by atoms with Crippen molar-refractivity contribution in [1.29, 1.82) is 0 Å². The molecule has 2 N–H and O–H groups in total. The van der Waals surface area contributed by atoms with Gasteiger partial charge in [-0.1, -0.05) is 13.0 Å². The summed E-state index contributed by atoms with van der Waals surface area (Å²) in [6.45, 7) is 4.81. The van der Waals surface area contributed by atoms with Gasteiger partial charge < -0.3 is 15.2 Å². The zero-order valence-corrected chi connectivity index (χ0v) is 10.6. The first-order valence-electron chi connectivity index (χ1n) is 6.91. The summed E-state index contributed by atoms with van der Waals surface area (Å²) in [6, 6.07) is 0.443. The van der Waals surface area contributed by atoms with Crippen LogP contribution in [-0.4, -0.2) is 25.4 Å². The topological polar surface area (TPSA) is 44.5 Å². The standard InChI is InChI=1S/C14H25NO2/c1-2-16-8-9-17-12-6-7-13-11(10-12)4-3-5-14(13)15/h2,11-14H,1,3-10,15H2. The molecule has 0 saturated heterocycles. The summed E-state index contributed by atoms with van der Waals surface area (Å²) in [6.07, 6.45) is 9.39. The third-order valence-corrected chi connectivity index (χ3v) is 4.33. The summed E-state index contributed by atoms with van der Waals surface area (Å²) in [5.74, 6) is 1.56. The van der Waals surface area contributed by atoms with E-state index in [4.69, 9.17) is 15.2 Å². The fourth-order valence-corrected chi connectivity index (χ4v) is 3.47. The van der Waals surface area contributed by atoms with Crippen LogP contribution in [0.5, 0.6) is 0 Å². The average molecular weight is 239 g/mol. The van der Waals surface area contributed by atoms with Gasteiger partial charge in [0.2, 0.25) is 0 Å². The van der Waals surface area contributed by atoms with Crippen molar-refractivity contribution in [2.45, 2.75) is 50.7 Å². The summed E-state index contributed by atoms with van der Waals surface area (Å²) < 4.78 is 10.9. The molecule has 0 aliphatic heterocycles. The minimum Gasteiger partial charge on any atom is -0.499 e. The fourth-order valence-electron chi connectivity index (χ4n) is 3.47. The third-order valence-electron chi connectivity index (χ3n) is 4.33. The van der Waals surface area contributed by atoms with Crippen LogP contribution in [0, 0.1) is 11.8 Å². The first kappa shape index (κ1) is 12.9. The van der Waals surface area contributed by atoms with E-state index in [1.54, 1.807) is 0 Å². The second-order valence-electron chi connectivity index (χ2n) is 5.36. The molecule has 17 heavy (non-hydrogen) atoms. The maximum absolute atomic E-state index is 6.20. The fraction of sp³-hybridized carbons (Fsp3) is 0.857. The number of hydrogen-bond donors (Lipinski definition) is 1. The molecule has 0 amide bonds. The molecule has 0 aromatic heterocycles. The van der Waals surface area contributed by atoms with Gasteiger partial charge in [-0.05, 0) is 43.9 Å². The third kappa shape index (κ3) is 3.46. The summed E-state index contributed by atoms with van der Waals surface area (Å²) in [4.78, 5) is 0. The second kappa shape index (κ2) is 6.41. The molecule has 0 spiro atoms. The first-order valence-corrected chi connectivity index (χ1v) is 6.91. The van der Waals surface area contributed by atoms with Gasteiger partial charge >= 0.3 is 0 Å². The number of nitrogens with two attached hydrogens (primary N) is 1. The molecule has 4 atom stereocenters. The van der Waals surface area contributed by atoms with Gasteiger partial charge in [-0.15, -0.1) is 0 Å². The highest BCUT2D eigenvalue weighted by Crippen LogP contribution is 2.40. The minimum absolute atomic E-state index is 0.426. The largest absolute Gasteiger partial charge is 0.499 e. The summed E-state index contributed by atoms with van der Waals surface area (Å²) in [5, 5.41) is 0. The van der Waals surface area contributed by atoms with Crippen LogP contribution in [0.3, 0.4) is 0 Å². The maximum atomic E-state index is 6.20. The molecule has 98 valence electrons. The molecule has 0 aromatic carbocycles. The molecule has 0 heterocycles. The highest BCUT2D eigenvalue weighted by atomic mass is 16.5. The van der Waals surface area contributed by atoms with Gasteiger partial charge in [-0.3, -0.25) is 0 Å². The van der Waals surface area contributed by atoms with Gasteiger partial charge in [-0.25, -0.2) is 0 Å². The molecule has 0 aromatic rings. The molecule has 2 aliphatic carbocycles. The van der Waals surface area contributed by atoms with E-state index in [0.717, 1.165) is 11.8 Å². The smallest absolute Gasteiger partial charge is 0.111 e. The number of hydrogen-bond acceptors (Lipinski definition) is 3. The Balaban J connectivity index is 1.71. The Morgan fingerprint density at radius 3 is 2.88 bits per heavy atom. The lowest BCUT2D eigenvalue weighted by molar-refractivity contribution is -0.0298. The van der Waals surface area contributed by atoms with Crippen LogP contribution in [0.1, 0.15) is 38.5 Å². The molecular weight excluding hydrogens is 214 g/mol. The van der Waals surface area contributed by atoms with Crippen molar-refractivity contribution in [3.8, 4) is 0 Å². The number of fused-ring (bicyclic) bond motifs is 1. The molecule has 2 rings (SSSR count). The lowest BCUT2D eigenvalue weighted by Crippen LogP contribution is -2.43. The van der Waals surface area contributed by atoms with Gasteiger partial charge in [0.05, 0.1) is 19.0 Å². The van der Waals surface area contributed by atoms with Crippen molar-refractivity contribution in [2.24, 2.45) is 17.6 Å². The number of rotatable bonds is 5. The van der Waals surface area contributed by atoms with Crippen molar-refractivity contribution < 1.29 is 9.47 Å². The van der Waals surface area contributed by atoms with Crippen LogP contribution in [-0.2, 0) is 9.47 Å². The summed E-state index contributed by atoms with van der Waals surface area (Å²) in [7, 11) is 0. The van der Waals surface area contributed by atoms with Crippen molar-refractivity contribution in [3.05, 3.63) is 12.8 Å². The zero-order chi connectivity index (χ0) is 12.1. The molecule has 2 aliphatic rings. The molecule has 0 radical (unpaired) electrons. The van der Waals surface area contributed by atoms with Crippen LogP contribution in [0.4, 0.5) is 0 Å². The van der Waals surface area contributed by atoms with Gasteiger partial charge in [0.15, 0.2) is 0 Å². The predicted octanol–water partition coefficient (Wildman–Crippen LogP) is 2.46. The maximum Gasteiger partial charge on any atom is 0.111 e. The molecular formula is C14H25NO2. The summed E-state index contributed by atoms with van der Waals surface area (Å²) >= 11 is 0.